The zero-order valence-electron chi connectivity index (χ0n) is 15.7. The monoisotopic (exact) mass is 441 g/mol. The lowest BCUT2D eigenvalue weighted by Gasteiger charge is -2.16. The van der Waals surface area contributed by atoms with E-state index in [2.05, 4.69) is 19.9 Å². The highest BCUT2D eigenvalue weighted by atomic mass is 31.2. The summed E-state index contributed by atoms with van der Waals surface area (Å²) in [6, 6.07) is 2.33. The average Bonchev–Trinajstić information content (AvgIpc) is 3.10. The largest absolute Gasteiger partial charge is 0.532 e. The number of nitriles is 1. The predicted octanol–water partition coefficient (Wildman–Crippen LogP) is 4.47. The molecular weight excluding hydrogens is 426 g/mol. The Hall–Kier alpha value is -3.00. The van der Waals surface area contributed by atoms with E-state index in [4.69, 9.17) is 13.6 Å². The highest BCUT2D eigenvalue weighted by molar-refractivity contribution is 7.48. The van der Waals surface area contributed by atoms with E-state index in [1.54, 1.807) is 13.8 Å². The second-order valence-electron chi connectivity index (χ2n) is 5.72. The van der Waals surface area contributed by atoms with E-state index in [-0.39, 0.29) is 41.1 Å². The number of phosphoric acid groups is 1. The number of rotatable bonds is 7. The van der Waals surface area contributed by atoms with E-state index in [9.17, 15) is 23.0 Å². The topological polar surface area (TPSA) is 123 Å². The number of fused-ring (bicyclic) bond motifs is 1. The van der Waals surface area contributed by atoms with Crippen molar-refractivity contribution in [3.8, 4) is 23.3 Å². The van der Waals surface area contributed by atoms with Gasteiger partial charge in [0.05, 0.1) is 36.2 Å². The van der Waals surface area contributed by atoms with Crippen molar-refractivity contribution < 1.29 is 31.3 Å². The molecule has 158 valence electrons. The zero-order valence-corrected chi connectivity index (χ0v) is 16.6. The maximum absolute atomic E-state index is 13.1. The number of hydrogen-bond donors (Lipinski definition) is 1. The Labute approximate surface area is 168 Å². The molecule has 13 heteroatoms. The molecule has 0 spiro atoms. The zero-order chi connectivity index (χ0) is 21.9. The number of phosphoric ester groups is 1. The van der Waals surface area contributed by atoms with Crippen molar-refractivity contribution in [1.82, 2.24) is 19.9 Å². The number of aromatic nitrogens is 4. The fraction of sp³-hybridized carbons (Fsp3) is 0.294. The quantitative estimate of drug-likeness (QED) is 0.533. The third-order valence-corrected chi connectivity index (χ3v) is 5.30. The molecule has 0 unspecified atom stereocenters. The summed E-state index contributed by atoms with van der Waals surface area (Å²) >= 11 is 0. The van der Waals surface area contributed by atoms with Crippen LogP contribution in [0, 0.1) is 11.3 Å². The van der Waals surface area contributed by atoms with Crippen LogP contribution >= 0.6 is 7.82 Å². The molecule has 3 aromatic rings. The van der Waals surface area contributed by atoms with Gasteiger partial charge in [0.25, 0.3) is 0 Å². The van der Waals surface area contributed by atoms with Gasteiger partial charge >= 0.3 is 20.0 Å². The summed E-state index contributed by atoms with van der Waals surface area (Å²) in [6.45, 7) is 3.21. The smallest absolute Gasteiger partial charge is 0.368 e. The van der Waals surface area contributed by atoms with Crippen LogP contribution in [0.2, 0.25) is 0 Å². The van der Waals surface area contributed by atoms with Gasteiger partial charge in [-0.05, 0) is 19.9 Å². The first-order valence-electron chi connectivity index (χ1n) is 8.61. The summed E-state index contributed by atoms with van der Waals surface area (Å²) in [4.78, 5) is 14.4. The molecule has 0 saturated carbocycles. The van der Waals surface area contributed by atoms with Gasteiger partial charge in [-0.1, -0.05) is 0 Å². The minimum Gasteiger partial charge on any atom is -0.368 e. The Morgan fingerprint density at radius 2 is 1.90 bits per heavy atom. The molecule has 0 amide bonds. The molecule has 0 aromatic carbocycles. The van der Waals surface area contributed by atoms with Crippen LogP contribution in [0.25, 0.3) is 22.3 Å². The first-order chi connectivity index (χ1) is 14.2. The van der Waals surface area contributed by atoms with Gasteiger partial charge in [0.2, 0.25) is 0 Å². The summed E-state index contributed by atoms with van der Waals surface area (Å²) in [5.41, 5.74) is -0.706. The lowest BCUT2D eigenvalue weighted by atomic mass is 10.1. The Balaban J connectivity index is 2.11. The van der Waals surface area contributed by atoms with Gasteiger partial charge in [-0.2, -0.15) is 23.4 Å². The van der Waals surface area contributed by atoms with Gasteiger partial charge in [-0.3, -0.25) is 9.05 Å². The first-order valence-corrected chi connectivity index (χ1v) is 10.1. The fourth-order valence-electron chi connectivity index (χ4n) is 2.56. The lowest BCUT2D eigenvalue weighted by molar-refractivity contribution is -0.137. The van der Waals surface area contributed by atoms with Crippen LogP contribution in [0.5, 0.6) is 6.01 Å². The molecule has 3 heterocycles. The van der Waals surface area contributed by atoms with Crippen molar-refractivity contribution in [3.05, 3.63) is 35.8 Å². The lowest BCUT2D eigenvalue weighted by Crippen LogP contribution is -2.06. The van der Waals surface area contributed by atoms with Crippen LogP contribution in [0.15, 0.2) is 24.7 Å². The van der Waals surface area contributed by atoms with Crippen molar-refractivity contribution >= 4 is 18.9 Å². The van der Waals surface area contributed by atoms with Gasteiger partial charge in [0.1, 0.15) is 11.7 Å². The molecule has 0 radical (unpaired) electrons. The standard InChI is InChI=1S/C17H15F3N5O4P/c1-3-27-30(26,28-4-2)29-16-24-7-10(6-21)14(25-16)13-9-23-15-12(13)5-11(8-22-15)17(18,19)20/h5,7-9H,3-4H2,1-2H3,(H,22,23). The van der Waals surface area contributed by atoms with Crippen LogP contribution in [0.3, 0.4) is 0 Å². The van der Waals surface area contributed by atoms with E-state index < -0.39 is 25.6 Å². The van der Waals surface area contributed by atoms with E-state index in [1.165, 1.54) is 6.20 Å². The van der Waals surface area contributed by atoms with Crippen molar-refractivity contribution in [3.63, 3.8) is 0 Å². The molecule has 0 aliphatic carbocycles. The van der Waals surface area contributed by atoms with Crippen LogP contribution in [-0.2, 0) is 19.8 Å². The van der Waals surface area contributed by atoms with Crippen LogP contribution in [0.4, 0.5) is 13.2 Å². The minimum absolute atomic E-state index is 0.0226. The molecule has 0 aliphatic rings. The number of nitrogens with one attached hydrogen (secondary N) is 1. The van der Waals surface area contributed by atoms with E-state index in [0.717, 1.165) is 12.3 Å². The number of nitrogens with zero attached hydrogens (tertiary/aromatic N) is 4. The van der Waals surface area contributed by atoms with E-state index in [0.29, 0.717) is 6.20 Å². The number of aromatic amines is 1. The molecule has 0 saturated heterocycles. The second kappa shape index (κ2) is 8.39. The van der Waals surface area contributed by atoms with Crippen molar-refractivity contribution in [2.45, 2.75) is 20.0 Å². The molecule has 0 fully saturated rings. The molecule has 9 nitrogen and oxygen atoms in total. The maximum Gasteiger partial charge on any atom is 0.532 e. The molecule has 30 heavy (non-hydrogen) atoms. The molecule has 3 aromatic heterocycles. The summed E-state index contributed by atoms with van der Waals surface area (Å²) in [5, 5.41) is 9.47. The molecule has 0 atom stereocenters. The highest BCUT2D eigenvalue weighted by Crippen LogP contribution is 2.48. The third kappa shape index (κ3) is 4.43. The van der Waals surface area contributed by atoms with Crippen LogP contribution in [-0.4, -0.2) is 33.1 Å². The van der Waals surface area contributed by atoms with Crippen molar-refractivity contribution in [2.75, 3.05) is 13.2 Å². The van der Waals surface area contributed by atoms with Crippen molar-refractivity contribution in [2.24, 2.45) is 0 Å². The third-order valence-electron chi connectivity index (χ3n) is 3.77. The van der Waals surface area contributed by atoms with Gasteiger partial charge in [-0.15, -0.1) is 0 Å². The van der Waals surface area contributed by atoms with Crippen LogP contribution < -0.4 is 4.52 Å². The normalized spacial score (nSPS) is 12.1. The summed E-state index contributed by atoms with van der Waals surface area (Å²) in [6.07, 6.45) is -1.45. The Bertz CT molecular complexity index is 1150. The number of alkyl halides is 3. The number of halogens is 3. The van der Waals surface area contributed by atoms with Gasteiger partial charge in [-0.25, -0.2) is 14.5 Å². The van der Waals surface area contributed by atoms with Gasteiger partial charge in [0.15, 0.2) is 0 Å². The highest BCUT2D eigenvalue weighted by Gasteiger charge is 2.32. The number of H-pyrrole nitrogens is 1. The first kappa shape index (κ1) is 21.7. The molecule has 3 rings (SSSR count). The predicted molar refractivity (Wildman–Crippen MR) is 98.3 cm³/mol. The molecule has 0 bridgehead atoms. The summed E-state index contributed by atoms with van der Waals surface area (Å²) in [7, 11) is -4.02. The number of pyridine rings is 1. The van der Waals surface area contributed by atoms with Crippen molar-refractivity contribution in [1.29, 1.82) is 5.26 Å². The minimum atomic E-state index is -4.60. The molecule has 0 aliphatic heterocycles. The average molecular weight is 441 g/mol. The van der Waals surface area contributed by atoms with E-state index >= 15 is 0 Å². The fourth-order valence-corrected chi connectivity index (χ4v) is 3.66. The van der Waals surface area contributed by atoms with E-state index in [1.807, 2.05) is 6.07 Å². The molecule has 1 N–H and O–H groups in total. The number of hydrogen-bond acceptors (Lipinski definition) is 8. The Kier molecular flexibility index (Phi) is 6.07. The Morgan fingerprint density at radius 3 is 2.50 bits per heavy atom. The molecular formula is C17H15F3N5O4P. The van der Waals surface area contributed by atoms with Gasteiger partial charge < -0.3 is 9.51 Å². The summed E-state index contributed by atoms with van der Waals surface area (Å²) < 4.78 is 67.0. The van der Waals surface area contributed by atoms with Gasteiger partial charge in [0, 0.05) is 23.3 Å². The SMILES string of the molecule is CCOP(=O)(OCC)Oc1ncc(C#N)c(-c2c[nH]c3ncc(C(F)(F)F)cc23)n1. The van der Waals surface area contributed by atoms with Crippen LogP contribution in [0.1, 0.15) is 25.0 Å². The second-order valence-corrected chi connectivity index (χ2v) is 7.31. The maximum atomic E-state index is 13.1. The Morgan fingerprint density at radius 1 is 1.20 bits per heavy atom. The summed E-state index contributed by atoms with van der Waals surface area (Å²) in [5.74, 6) is 0.